The zero-order valence-electron chi connectivity index (χ0n) is 10.6. The van der Waals surface area contributed by atoms with Crippen LogP contribution in [0.25, 0.3) is 0 Å². The topological polar surface area (TPSA) is 29.5 Å². The second-order valence-electron chi connectivity index (χ2n) is 4.59. The predicted octanol–water partition coefficient (Wildman–Crippen LogP) is 3.43. The van der Waals surface area contributed by atoms with E-state index in [2.05, 4.69) is 22.9 Å². The Bertz CT molecular complexity index is 422. The number of piperidine rings is 1. The van der Waals surface area contributed by atoms with E-state index in [4.69, 9.17) is 4.74 Å². The van der Waals surface area contributed by atoms with E-state index in [1.165, 1.54) is 6.42 Å². The average molecular weight is 312 g/mol. The summed E-state index contributed by atoms with van der Waals surface area (Å²) in [6.45, 7) is 2.97. The van der Waals surface area contributed by atoms with Crippen molar-refractivity contribution in [3.8, 4) is 5.75 Å². The van der Waals surface area contributed by atoms with Crippen molar-refractivity contribution in [1.29, 1.82) is 0 Å². The highest BCUT2D eigenvalue weighted by atomic mass is 79.9. The number of hydrogen-bond acceptors (Lipinski definition) is 2. The lowest BCUT2D eigenvalue weighted by Gasteiger charge is -2.33. The van der Waals surface area contributed by atoms with E-state index in [1.54, 1.807) is 0 Å². The van der Waals surface area contributed by atoms with E-state index in [9.17, 15) is 4.79 Å². The molecule has 1 aromatic carbocycles. The molecule has 3 nitrogen and oxygen atoms in total. The Kier molecular flexibility index (Phi) is 4.64. The van der Waals surface area contributed by atoms with Crippen LogP contribution in [0.2, 0.25) is 0 Å². The summed E-state index contributed by atoms with van der Waals surface area (Å²) < 4.78 is 5.45. The molecule has 1 atom stereocenters. The van der Waals surface area contributed by atoms with E-state index in [0.717, 1.165) is 19.4 Å². The number of ether oxygens (including phenoxy) is 1. The summed E-state index contributed by atoms with van der Waals surface area (Å²) >= 11 is 3.23. The van der Waals surface area contributed by atoms with E-state index in [1.807, 2.05) is 29.2 Å². The number of halogens is 1. The zero-order valence-corrected chi connectivity index (χ0v) is 12.1. The van der Waals surface area contributed by atoms with Gasteiger partial charge in [-0.25, -0.2) is 0 Å². The van der Waals surface area contributed by atoms with E-state index in [0.29, 0.717) is 22.9 Å². The first kappa shape index (κ1) is 13.4. The minimum atomic E-state index is 0.0822. The number of para-hydroxylation sites is 1. The molecule has 1 aliphatic rings. The van der Waals surface area contributed by atoms with Gasteiger partial charge in [0.2, 0.25) is 0 Å². The molecule has 98 valence electrons. The Morgan fingerprint density at radius 2 is 2.22 bits per heavy atom. The maximum Gasteiger partial charge on any atom is 0.257 e. The van der Waals surface area contributed by atoms with Crippen LogP contribution in [-0.4, -0.2) is 28.9 Å². The normalized spacial score (nSPS) is 19.7. The van der Waals surface area contributed by atoms with Crippen molar-refractivity contribution >= 4 is 21.8 Å². The SMILES string of the molecule is CC1CCCCN1C(=O)c1ccccc1OCBr. The first-order chi connectivity index (χ1) is 8.74. The van der Waals surface area contributed by atoms with Crippen LogP contribution < -0.4 is 4.74 Å². The molecule has 1 amide bonds. The largest absolute Gasteiger partial charge is 0.482 e. The molecule has 1 saturated heterocycles. The minimum absolute atomic E-state index is 0.0822. The van der Waals surface area contributed by atoms with Crippen LogP contribution in [0, 0.1) is 0 Å². The van der Waals surface area contributed by atoms with Gasteiger partial charge in [-0.15, -0.1) is 0 Å². The van der Waals surface area contributed by atoms with Crippen LogP contribution in [0.3, 0.4) is 0 Å². The summed E-state index contributed by atoms with van der Waals surface area (Å²) in [4.78, 5) is 14.5. The molecule has 0 bridgehead atoms. The first-order valence-corrected chi connectivity index (χ1v) is 7.45. The highest BCUT2D eigenvalue weighted by Gasteiger charge is 2.25. The third kappa shape index (κ3) is 2.86. The van der Waals surface area contributed by atoms with Gasteiger partial charge in [-0.2, -0.15) is 0 Å². The molecule has 1 heterocycles. The number of rotatable bonds is 3. The van der Waals surface area contributed by atoms with Gasteiger partial charge in [0.15, 0.2) is 0 Å². The van der Waals surface area contributed by atoms with Gasteiger partial charge in [-0.1, -0.05) is 12.1 Å². The summed E-state index contributed by atoms with van der Waals surface area (Å²) in [5.74, 6) is 0.732. The van der Waals surface area contributed by atoms with Gasteiger partial charge in [-0.05, 0) is 54.2 Å². The van der Waals surface area contributed by atoms with Crippen LogP contribution in [0.4, 0.5) is 0 Å². The summed E-state index contributed by atoms with van der Waals surface area (Å²) in [7, 11) is 0. The summed E-state index contributed by atoms with van der Waals surface area (Å²) in [6, 6.07) is 7.76. The molecule has 0 radical (unpaired) electrons. The van der Waals surface area contributed by atoms with Crippen molar-refractivity contribution in [3.05, 3.63) is 29.8 Å². The van der Waals surface area contributed by atoms with Gasteiger partial charge in [-0.3, -0.25) is 4.79 Å². The fraction of sp³-hybridized carbons (Fsp3) is 0.500. The highest BCUT2D eigenvalue weighted by molar-refractivity contribution is 9.09. The Hall–Kier alpha value is -1.03. The van der Waals surface area contributed by atoms with Crippen molar-refractivity contribution in [2.45, 2.75) is 32.2 Å². The number of nitrogens with zero attached hydrogens (tertiary/aromatic N) is 1. The van der Waals surface area contributed by atoms with Crippen molar-refractivity contribution in [2.75, 3.05) is 12.1 Å². The van der Waals surface area contributed by atoms with Gasteiger partial charge < -0.3 is 9.64 Å². The van der Waals surface area contributed by atoms with E-state index < -0.39 is 0 Å². The molecule has 1 fully saturated rings. The molecule has 1 aliphatic heterocycles. The molecule has 2 rings (SSSR count). The Morgan fingerprint density at radius 3 is 2.94 bits per heavy atom. The summed E-state index contributed by atoms with van der Waals surface area (Å²) in [5, 5.41) is 0. The fourth-order valence-corrected chi connectivity index (χ4v) is 2.63. The van der Waals surface area contributed by atoms with Crippen LogP contribution in [0.15, 0.2) is 24.3 Å². The Balaban J connectivity index is 2.22. The molecular weight excluding hydrogens is 294 g/mol. The van der Waals surface area contributed by atoms with Gasteiger partial charge in [0, 0.05) is 12.6 Å². The van der Waals surface area contributed by atoms with Crippen LogP contribution in [0.5, 0.6) is 5.75 Å². The lowest BCUT2D eigenvalue weighted by atomic mass is 10.0. The molecule has 0 aromatic heterocycles. The third-order valence-corrected chi connectivity index (χ3v) is 3.62. The van der Waals surface area contributed by atoms with Crippen molar-refractivity contribution in [3.63, 3.8) is 0 Å². The zero-order chi connectivity index (χ0) is 13.0. The molecular formula is C14H18BrNO2. The van der Waals surface area contributed by atoms with Crippen LogP contribution >= 0.6 is 15.9 Å². The highest BCUT2D eigenvalue weighted by Crippen LogP contribution is 2.24. The van der Waals surface area contributed by atoms with Crippen LogP contribution in [0.1, 0.15) is 36.5 Å². The predicted molar refractivity (Wildman–Crippen MR) is 75.2 cm³/mol. The third-order valence-electron chi connectivity index (χ3n) is 3.39. The standard InChI is InChI=1S/C14H18BrNO2/c1-11-6-4-5-9-16(11)14(17)12-7-2-3-8-13(12)18-10-15/h2-3,7-8,11H,4-6,9-10H2,1H3. The van der Waals surface area contributed by atoms with Gasteiger partial charge >= 0.3 is 0 Å². The quantitative estimate of drug-likeness (QED) is 0.800. The van der Waals surface area contributed by atoms with Crippen LogP contribution in [-0.2, 0) is 0 Å². The van der Waals surface area contributed by atoms with Crippen molar-refractivity contribution in [2.24, 2.45) is 0 Å². The molecule has 0 aliphatic carbocycles. The number of carbonyl (C=O) groups excluding carboxylic acids is 1. The summed E-state index contributed by atoms with van der Waals surface area (Å²) in [6.07, 6.45) is 3.40. The second kappa shape index (κ2) is 6.23. The average Bonchev–Trinajstić information content (AvgIpc) is 2.40. The fourth-order valence-electron chi connectivity index (χ4n) is 2.38. The molecule has 0 N–H and O–H groups in total. The maximum absolute atomic E-state index is 12.5. The smallest absolute Gasteiger partial charge is 0.257 e. The molecule has 18 heavy (non-hydrogen) atoms. The minimum Gasteiger partial charge on any atom is -0.482 e. The van der Waals surface area contributed by atoms with Gasteiger partial charge in [0.25, 0.3) is 5.91 Å². The number of benzene rings is 1. The van der Waals surface area contributed by atoms with Crippen molar-refractivity contribution < 1.29 is 9.53 Å². The molecule has 0 spiro atoms. The lowest BCUT2D eigenvalue weighted by Crippen LogP contribution is -2.42. The molecule has 4 heteroatoms. The maximum atomic E-state index is 12.5. The Labute approximate surface area is 116 Å². The number of carbonyl (C=O) groups is 1. The van der Waals surface area contributed by atoms with Crippen molar-refractivity contribution in [1.82, 2.24) is 4.90 Å². The number of hydrogen-bond donors (Lipinski definition) is 0. The monoisotopic (exact) mass is 311 g/mol. The Morgan fingerprint density at radius 1 is 1.44 bits per heavy atom. The summed E-state index contributed by atoms with van der Waals surface area (Å²) in [5.41, 5.74) is 1.05. The second-order valence-corrected chi connectivity index (χ2v) is 5.05. The lowest BCUT2D eigenvalue weighted by molar-refractivity contribution is 0.0632. The number of amides is 1. The van der Waals surface area contributed by atoms with Gasteiger partial charge in [0.05, 0.1) is 5.56 Å². The molecule has 1 aromatic rings. The van der Waals surface area contributed by atoms with E-state index >= 15 is 0 Å². The molecule has 1 unspecified atom stereocenters. The molecule has 0 saturated carbocycles. The number of likely N-dealkylation sites (tertiary alicyclic amines) is 1. The van der Waals surface area contributed by atoms with E-state index in [-0.39, 0.29) is 5.91 Å². The van der Waals surface area contributed by atoms with Gasteiger partial charge in [0.1, 0.15) is 11.3 Å². The number of alkyl halides is 1. The first-order valence-electron chi connectivity index (χ1n) is 6.33.